The minimum atomic E-state index is -0.396. The van der Waals surface area contributed by atoms with Crippen molar-refractivity contribution in [3.05, 3.63) is 63.7 Å². The largest absolute Gasteiger partial charge is 0.457 e. The number of hydrogen-bond donors (Lipinski definition) is 1. The monoisotopic (exact) mass is 286 g/mol. The Labute approximate surface area is 123 Å². The number of nitro benzene ring substituents is 1. The van der Waals surface area contributed by atoms with Crippen LogP contribution in [-0.4, -0.2) is 12.0 Å². The maximum Gasteiger partial charge on any atom is 0.272 e. The van der Waals surface area contributed by atoms with Gasteiger partial charge < -0.3 is 10.1 Å². The van der Waals surface area contributed by atoms with Crippen molar-refractivity contribution < 1.29 is 9.66 Å². The molecule has 0 saturated carbocycles. The summed E-state index contributed by atoms with van der Waals surface area (Å²) in [5.74, 6) is 1.29. The smallest absolute Gasteiger partial charge is 0.272 e. The molecule has 0 aliphatic carbocycles. The molecule has 21 heavy (non-hydrogen) atoms. The fraction of sp³-hybridized carbons (Fsp3) is 0.250. The summed E-state index contributed by atoms with van der Waals surface area (Å²) in [5, 5.41) is 13.9. The van der Waals surface area contributed by atoms with Crippen molar-refractivity contribution in [3.8, 4) is 11.5 Å². The molecule has 0 saturated heterocycles. The molecule has 0 aliphatic heterocycles. The molecule has 1 N–H and O–H groups in total. The third-order valence-electron chi connectivity index (χ3n) is 3.41. The molecule has 0 radical (unpaired) electrons. The average Bonchev–Trinajstić information content (AvgIpc) is 2.47. The van der Waals surface area contributed by atoms with Gasteiger partial charge in [-0.15, -0.1) is 0 Å². The van der Waals surface area contributed by atoms with Crippen LogP contribution in [-0.2, 0) is 0 Å². The lowest BCUT2D eigenvalue weighted by Gasteiger charge is -2.12. The summed E-state index contributed by atoms with van der Waals surface area (Å²) < 4.78 is 5.72. The number of hydrogen-bond acceptors (Lipinski definition) is 4. The van der Waals surface area contributed by atoms with Crippen molar-refractivity contribution in [1.82, 2.24) is 5.32 Å². The Bertz CT molecular complexity index is 638. The quantitative estimate of drug-likeness (QED) is 0.667. The van der Waals surface area contributed by atoms with Crippen LogP contribution in [0.1, 0.15) is 24.1 Å². The van der Waals surface area contributed by atoms with E-state index in [0.29, 0.717) is 17.1 Å². The van der Waals surface area contributed by atoms with Gasteiger partial charge in [0.05, 0.1) is 4.92 Å². The summed E-state index contributed by atoms with van der Waals surface area (Å²) in [6.45, 7) is 3.78. The van der Waals surface area contributed by atoms with Gasteiger partial charge in [0.15, 0.2) is 0 Å². The zero-order valence-electron chi connectivity index (χ0n) is 12.3. The first-order chi connectivity index (χ1) is 10.0. The second-order valence-corrected chi connectivity index (χ2v) is 4.89. The molecular formula is C16H18N2O3. The standard InChI is InChI=1S/C16H18N2O3/c1-11-10-15(8-9-16(11)18(19)20)21-14-6-4-13(5-7-14)12(2)17-3/h4-10,12,17H,1-3H3. The van der Waals surface area contributed by atoms with Crippen molar-refractivity contribution in [2.75, 3.05) is 7.05 Å². The molecule has 110 valence electrons. The van der Waals surface area contributed by atoms with Crippen molar-refractivity contribution in [1.29, 1.82) is 0 Å². The first kappa shape index (κ1) is 15.0. The third kappa shape index (κ3) is 3.58. The second-order valence-electron chi connectivity index (χ2n) is 4.89. The lowest BCUT2D eigenvalue weighted by atomic mass is 10.1. The topological polar surface area (TPSA) is 64.4 Å². The van der Waals surface area contributed by atoms with Crippen LogP contribution in [0.4, 0.5) is 5.69 Å². The van der Waals surface area contributed by atoms with Crippen LogP contribution < -0.4 is 10.1 Å². The van der Waals surface area contributed by atoms with E-state index >= 15 is 0 Å². The number of benzene rings is 2. The zero-order chi connectivity index (χ0) is 15.4. The van der Waals surface area contributed by atoms with Crippen molar-refractivity contribution in [2.45, 2.75) is 19.9 Å². The summed E-state index contributed by atoms with van der Waals surface area (Å²) in [6, 6.07) is 12.8. The molecule has 0 aliphatic rings. The Balaban J connectivity index is 2.15. The number of aryl methyl sites for hydroxylation is 1. The predicted molar refractivity (Wildman–Crippen MR) is 81.8 cm³/mol. The summed E-state index contributed by atoms with van der Waals surface area (Å²) in [5.41, 5.74) is 1.85. The SMILES string of the molecule is CNC(C)c1ccc(Oc2ccc([N+](=O)[O-])c(C)c2)cc1. The van der Waals surface area contributed by atoms with Crippen molar-refractivity contribution in [2.24, 2.45) is 0 Å². The van der Waals surface area contributed by atoms with Gasteiger partial charge in [0.1, 0.15) is 11.5 Å². The maximum absolute atomic E-state index is 10.8. The lowest BCUT2D eigenvalue weighted by Crippen LogP contribution is -2.11. The van der Waals surface area contributed by atoms with E-state index < -0.39 is 4.92 Å². The first-order valence-electron chi connectivity index (χ1n) is 6.71. The van der Waals surface area contributed by atoms with Crippen LogP contribution >= 0.6 is 0 Å². The molecule has 0 spiro atoms. The van der Waals surface area contributed by atoms with Crippen LogP contribution in [0.15, 0.2) is 42.5 Å². The Kier molecular flexibility index (Phi) is 4.55. The summed E-state index contributed by atoms with van der Waals surface area (Å²) in [6.07, 6.45) is 0. The lowest BCUT2D eigenvalue weighted by molar-refractivity contribution is -0.385. The highest BCUT2D eigenvalue weighted by molar-refractivity contribution is 5.45. The van der Waals surface area contributed by atoms with Crippen LogP contribution in [0.5, 0.6) is 11.5 Å². The number of ether oxygens (including phenoxy) is 1. The summed E-state index contributed by atoms with van der Waals surface area (Å²) in [7, 11) is 1.91. The average molecular weight is 286 g/mol. The molecule has 0 fully saturated rings. The summed E-state index contributed by atoms with van der Waals surface area (Å²) in [4.78, 5) is 10.4. The van der Waals surface area contributed by atoms with E-state index in [-0.39, 0.29) is 11.7 Å². The highest BCUT2D eigenvalue weighted by Gasteiger charge is 2.11. The summed E-state index contributed by atoms with van der Waals surface area (Å²) >= 11 is 0. The highest BCUT2D eigenvalue weighted by atomic mass is 16.6. The minimum Gasteiger partial charge on any atom is -0.457 e. The molecule has 0 amide bonds. The zero-order valence-corrected chi connectivity index (χ0v) is 12.3. The van der Waals surface area contributed by atoms with Crippen molar-refractivity contribution >= 4 is 5.69 Å². The van der Waals surface area contributed by atoms with E-state index in [0.717, 1.165) is 0 Å². The first-order valence-corrected chi connectivity index (χ1v) is 6.71. The number of nitrogens with one attached hydrogen (secondary N) is 1. The van der Waals surface area contributed by atoms with Crippen molar-refractivity contribution in [3.63, 3.8) is 0 Å². The van der Waals surface area contributed by atoms with E-state index in [9.17, 15) is 10.1 Å². The number of rotatable bonds is 5. The molecular weight excluding hydrogens is 268 g/mol. The highest BCUT2D eigenvalue weighted by Crippen LogP contribution is 2.27. The van der Waals surface area contributed by atoms with E-state index in [1.165, 1.54) is 11.6 Å². The molecule has 2 rings (SSSR count). The number of nitrogens with zero attached hydrogens (tertiary/aromatic N) is 1. The fourth-order valence-corrected chi connectivity index (χ4v) is 2.02. The molecule has 5 nitrogen and oxygen atoms in total. The van der Waals surface area contributed by atoms with Gasteiger partial charge in [-0.25, -0.2) is 0 Å². The van der Waals surface area contributed by atoms with E-state index in [2.05, 4.69) is 12.2 Å². The predicted octanol–water partition coefficient (Wildman–Crippen LogP) is 3.98. The molecule has 1 unspecified atom stereocenters. The molecule has 2 aromatic rings. The molecule has 2 aromatic carbocycles. The fourth-order valence-electron chi connectivity index (χ4n) is 2.02. The molecule has 5 heteroatoms. The van der Waals surface area contributed by atoms with Gasteiger partial charge in [0, 0.05) is 17.7 Å². The van der Waals surface area contributed by atoms with Gasteiger partial charge in [0.25, 0.3) is 5.69 Å². The van der Waals surface area contributed by atoms with E-state index in [1.54, 1.807) is 19.1 Å². The van der Waals surface area contributed by atoms with E-state index in [4.69, 9.17) is 4.74 Å². The maximum atomic E-state index is 10.8. The molecule has 1 atom stereocenters. The Morgan fingerprint density at radius 3 is 2.29 bits per heavy atom. The van der Waals surface area contributed by atoms with Gasteiger partial charge in [-0.2, -0.15) is 0 Å². The molecule has 0 heterocycles. The van der Waals surface area contributed by atoms with Crippen LogP contribution in [0.25, 0.3) is 0 Å². The molecule has 0 aromatic heterocycles. The van der Waals surface area contributed by atoms with Crippen LogP contribution in [0.3, 0.4) is 0 Å². The minimum absolute atomic E-state index is 0.0977. The van der Waals surface area contributed by atoms with Gasteiger partial charge in [-0.3, -0.25) is 10.1 Å². The Morgan fingerprint density at radius 2 is 1.76 bits per heavy atom. The second kappa shape index (κ2) is 6.37. The molecule has 0 bridgehead atoms. The van der Waals surface area contributed by atoms with Crippen LogP contribution in [0, 0.1) is 17.0 Å². The Morgan fingerprint density at radius 1 is 1.14 bits per heavy atom. The van der Waals surface area contributed by atoms with Gasteiger partial charge in [-0.05, 0) is 50.7 Å². The van der Waals surface area contributed by atoms with Gasteiger partial charge in [-0.1, -0.05) is 12.1 Å². The van der Waals surface area contributed by atoms with Gasteiger partial charge >= 0.3 is 0 Å². The van der Waals surface area contributed by atoms with Crippen LogP contribution in [0.2, 0.25) is 0 Å². The number of nitro groups is 1. The van der Waals surface area contributed by atoms with E-state index in [1.807, 2.05) is 31.3 Å². The third-order valence-corrected chi connectivity index (χ3v) is 3.41. The van der Waals surface area contributed by atoms with Gasteiger partial charge in [0.2, 0.25) is 0 Å². The normalized spacial score (nSPS) is 12.0. The Hall–Kier alpha value is -2.40.